The van der Waals surface area contributed by atoms with Crippen molar-refractivity contribution in [2.75, 3.05) is 4.72 Å². The highest BCUT2D eigenvalue weighted by molar-refractivity contribution is 7.93. The minimum Gasteiger partial charge on any atom is -0.382 e. The molecule has 0 unspecified atom stereocenters. The Labute approximate surface area is 163 Å². The minimum absolute atomic E-state index is 0.0618. The van der Waals surface area contributed by atoms with E-state index in [2.05, 4.69) is 5.48 Å². The fraction of sp³-hybridized carbons (Fsp3) is 0.125. The lowest BCUT2D eigenvalue weighted by Gasteiger charge is -2.17. The highest BCUT2D eigenvalue weighted by Gasteiger charge is 2.46. The van der Waals surface area contributed by atoms with E-state index in [4.69, 9.17) is 28.0 Å². The van der Waals surface area contributed by atoms with Crippen LogP contribution in [0.15, 0.2) is 48.5 Å². The van der Waals surface area contributed by atoms with Gasteiger partial charge in [-0.25, -0.2) is 5.48 Å². The summed E-state index contributed by atoms with van der Waals surface area (Å²) in [5.41, 5.74) is -2.98. The van der Waals surface area contributed by atoms with E-state index in [1.807, 2.05) is 0 Å². The Hall–Kier alpha value is -2.10. The number of rotatable bonds is 6. The predicted molar refractivity (Wildman–Crippen MR) is 98.9 cm³/mol. The van der Waals surface area contributed by atoms with E-state index in [1.165, 1.54) is 22.9 Å². The van der Waals surface area contributed by atoms with E-state index in [1.54, 1.807) is 31.2 Å². The third-order valence-electron chi connectivity index (χ3n) is 3.20. The molecule has 0 heterocycles. The first-order valence-corrected chi connectivity index (χ1v) is 9.51. The van der Waals surface area contributed by atoms with Gasteiger partial charge in [-0.05, 0) is 49.4 Å². The van der Waals surface area contributed by atoms with Crippen molar-refractivity contribution in [1.82, 2.24) is 5.48 Å². The second-order valence-corrected chi connectivity index (χ2v) is 7.65. The van der Waals surface area contributed by atoms with Crippen molar-refractivity contribution in [1.29, 1.82) is 0 Å². The van der Waals surface area contributed by atoms with E-state index < -0.39 is 15.5 Å². The molecule has 0 aliphatic heterocycles. The molecule has 5 nitrogen and oxygen atoms in total. The smallest absolute Gasteiger partial charge is 0.382 e. The van der Waals surface area contributed by atoms with Crippen molar-refractivity contribution in [3.63, 3.8) is 0 Å². The molecule has 2 N–H and O–H groups in total. The molecule has 11 heteroatoms. The summed E-state index contributed by atoms with van der Waals surface area (Å²) in [5.74, 6) is 0.373. The van der Waals surface area contributed by atoms with Crippen LogP contribution < -0.4 is 15.0 Å². The zero-order valence-corrected chi connectivity index (χ0v) is 16.0. The molecule has 0 aliphatic rings. The van der Waals surface area contributed by atoms with Crippen molar-refractivity contribution in [2.24, 2.45) is 0 Å². The van der Waals surface area contributed by atoms with E-state index in [0.29, 0.717) is 10.8 Å². The molecule has 0 saturated heterocycles. The maximum atomic E-state index is 12.7. The van der Waals surface area contributed by atoms with E-state index >= 15 is 0 Å². The Morgan fingerprint density at radius 3 is 2.22 bits per heavy atom. The van der Waals surface area contributed by atoms with Gasteiger partial charge in [0.25, 0.3) is 0 Å². The van der Waals surface area contributed by atoms with Crippen LogP contribution in [0.1, 0.15) is 12.5 Å². The number of nitrogens with one attached hydrogen (secondary N) is 2. The van der Waals surface area contributed by atoms with Gasteiger partial charge in [0.1, 0.15) is 0 Å². The first-order valence-electron chi connectivity index (χ1n) is 7.27. The van der Waals surface area contributed by atoms with Crippen molar-refractivity contribution >= 4 is 44.6 Å². The van der Waals surface area contributed by atoms with Gasteiger partial charge in [-0.15, -0.1) is 0 Å². The summed E-state index contributed by atoms with van der Waals surface area (Å²) in [6, 6.07) is 9.96. The van der Waals surface area contributed by atoms with E-state index in [0.717, 1.165) is 6.07 Å². The zero-order valence-electron chi connectivity index (χ0n) is 13.6. The number of hydrogen-bond donors (Lipinski definition) is 2. The topological polar surface area (TPSA) is 67.4 Å². The molecular weight excluding hydrogens is 428 g/mol. The van der Waals surface area contributed by atoms with Crippen LogP contribution >= 0.6 is 23.2 Å². The highest BCUT2D eigenvalue weighted by Crippen LogP contribution is 2.31. The Balaban J connectivity index is 2.31. The van der Waals surface area contributed by atoms with Crippen molar-refractivity contribution in [2.45, 2.75) is 12.4 Å². The van der Waals surface area contributed by atoms with Gasteiger partial charge >= 0.3 is 15.5 Å². The van der Waals surface area contributed by atoms with Gasteiger partial charge in [0.2, 0.25) is 0 Å². The van der Waals surface area contributed by atoms with Crippen LogP contribution in [0.2, 0.25) is 10.0 Å². The number of hydroxylamine groups is 1. The Kier molecular flexibility index (Phi) is 6.50. The summed E-state index contributed by atoms with van der Waals surface area (Å²) >= 11 is 11.7. The van der Waals surface area contributed by atoms with Gasteiger partial charge < -0.3 is 4.84 Å². The van der Waals surface area contributed by atoms with Gasteiger partial charge in [0.05, 0.1) is 11.4 Å². The maximum absolute atomic E-state index is 12.7. The van der Waals surface area contributed by atoms with Crippen LogP contribution in [0.3, 0.4) is 0 Å². The van der Waals surface area contributed by atoms with E-state index in [-0.39, 0.29) is 22.0 Å². The Morgan fingerprint density at radius 2 is 1.67 bits per heavy atom. The standard InChI is InChI=1S/C16H13Cl2F3N2O3S/c1-2-14(22-26-12-6-3-10(17)4-7-12)13-9-11(18)5-8-15(13)23-27(24,25)16(19,20)21/h2-9,22-23H,1H3. The summed E-state index contributed by atoms with van der Waals surface area (Å²) in [5, 5.41) is 0.680. The largest absolute Gasteiger partial charge is 0.516 e. The summed E-state index contributed by atoms with van der Waals surface area (Å²) in [4.78, 5) is 5.34. The SMILES string of the molecule is CC=C(NOc1ccc(Cl)cc1)c1cc(Cl)ccc1NS(=O)(=O)C(F)(F)F. The molecule has 2 aromatic rings. The average molecular weight is 441 g/mol. The van der Waals surface area contributed by atoms with Gasteiger partial charge in [0.15, 0.2) is 5.75 Å². The molecule has 0 aromatic heterocycles. The Morgan fingerprint density at radius 1 is 1.07 bits per heavy atom. The first-order chi connectivity index (χ1) is 12.5. The predicted octanol–water partition coefficient (Wildman–Crippen LogP) is 5.20. The van der Waals surface area contributed by atoms with Crippen LogP contribution in [-0.2, 0) is 10.0 Å². The van der Waals surface area contributed by atoms with Crippen LogP contribution in [0.5, 0.6) is 5.75 Å². The minimum atomic E-state index is -5.60. The molecule has 0 atom stereocenters. The number of alkyl halides is 3. The molecule has 146 valence electrons. The molecule has 0 saturated carbocycles. The molecule has 0 spiro atoms. The molecule has 2 aromatic carbocycles. The lowest BCUT2D eigenvalue weighted by molar-refractivity contribution is -0.0429. The second kappa shape index (κ2) is 8.28. The molecule has 0 aliphatic carbocycles. The Bertz CT molecular complexity index is 946. The fourth-order valence-electron chi connectivity index (χ4n) is 1.92. The highest BCUT2D eigenvalue weighted by atomic mass is 35.5. The second-order valence-electron chi connectivity index (χ2n) is 5.10. The number of allylic oxidation sites excluding steroid dienone is 1. The van der Waals surface area contributed by atoms with Crippen LogP contribution in [0.4, 0.5) is 18.9 Å². The molecule has 27 heavy (non-hydrogen) atoms. The number of hydrogen-bond acceptors (Lipinski definition) is 4. The normalized spacial score (nSPS) is 12.6. The van der Waals surface area contributed by atoms with Crippen LogP contribution in [-0.4, -0.2) is 13.9 Å². The summed E-state index contributed by atoms with van der Waals surface area (Å²) in [7, 11) is -5.60. The zero-order chi connectivity index (χ0) is 20.2. The van der Waals surface area contributed by atoms with Gasteiger partial charge in [-0.1, -0.05) is 29.3 Å². The number of halogens is 5. The van der Waals surface area contributed by atoms with Crippen molar-refractivity contribution in [3.8, 4) is 5.75 Å². The lowest BCUT2D eigenvalue weighted by Crippen LogP contribution is -2.30. The molecule has 0 amide bonds. The number of anilines is 1. The quantitative estimate of drug-likeness (QED) is 0.605. The molecule has 0 radical (unpaired) electrons. The fourth-order valence-corrected chi connectivity index (χ4v) is 2.80. The molecule has 2 rings (SSSR count). The van der Waals surface area contributed by atoms with Gasteiger partial charge in [-0.2, -0.15) is 21.6 Å². The summed E-state index contributed by atoms with van der Waals surface area (Å²) in [6.45, 7) is 1.58. The average Bonchev–Trinajstić information content (AvgIpc) is 2.58. The van der Waals surface area contributed by atoms with Crippen LogP contribution in [0.25, 0.3) is 5.70 Å². The molecular formula is C16H13Cl2F3N2O3S. The molecule has 0 fully saturated rings. The number of benzene rings is 2. The monoisotopic (exact) mass is 440 g/mol. The van der Waals surface area contributed by atoms with Gasteiger partial charge in [0, 0.05) is 15.6 Å². The number of sulfonamides is 1. The van der Waals surface area contributed by atoms with Crippen LogP contribution in [0, 0.1) is 0 Å². The van der Waals surface area contributed by atoms with Crippen molar-refractivity contribution in [3.05, 3.63) is 64.1 Å². The lowest BCUT2D eigenvalue weighted by atomic mass is 10.1. The van der Waals surface area contributed by atoms with Gasteiger partial charge in [-0.3, -0.25) is 4.72 Å². The summed E-state index contributed by atoms with van der Waals surface area (Å²) < 4.78 is 62.4. The first kappa shape index (κ1) is 21.2. The maximum Gasteiger partial charge on any atom is 0.516 e. The third kappa shape index (κ3) is 5.44. The summed E-state index contributed by atoms with van der Waals surface area (Å²) in [6.07, 6.45) is 1.48. The van der Waals surface area contributed by atoms with Crippen molar-refractivity contribution < 1.29 is 26.4 Å². The third-order valence-corrected chi connectivity index (χ3v) is 4.79. The van der Waals surface area contributed by atoms with E-state index in [9.17, 15) is 21.6 Å². The molecule has 0 bridgehead atoms.